The van der Waals surface area contributed by atoms with Gasteiger partial charge in [0, 0.05) is 13.0 Å². The van der Waals surface area contributed by atoms with E-state index in [0.29, 0.717) is 19.6 Å². The van der Waals surface area contributed by atoms with E-state index in [1.165, 1.54) is 0 Å². The van der Waals surface area contributed by atoms with E-state index in [0.717, 1.165) is 47.6 Å². The van der Waals surface area contributed by atoms with Crippen molar-refractivity contribution in [2.75, 3.05) is 13.2 Å². The maximum Gasteiger partial charge on any atom is 0.222 e. The Kier molecular flexibility index (Phi) is 5.33. The molecule has 0 N–H and O–H groups in total. The summed E-state index contributed by atoms with van der Waals surface area (Å²) in [6.07, 6.45) is 2.53. The molecule has 2 aromatic carbocycles. The number of benzene rings is 2. The molecular weight excluding hydrogens is 350 g/mol. The molecule has 0 spiro atoms. The van der Waals surface area contributed by atoms with Crippen molar-refractivity contribution < 1.29 is 9.53 Å². The summed E-state index contributed by atoms with van der Waals surface area (Å²) in [7, 11) is 0. The second-order valence-corrected chi connectivity index (χ2v) is 7.32. The summed E-state index contributed by atoms with van der Waals surface area (Å²) in [5, 5.41) is 0. The van der Waals surface area contributed by atoms with Crippen molar-refractivity contribution >= 4 is 16.9 Å². The van der Waals surface area contributed by atoms with Gasteiger partial charge < -0.3 is 14.2 Å². The first-order valence-electron chi connectivity index (χ1n) is 10.1. The lowest BCUT2D eigenvalue weighted by molar-refractivity contribution is -0.131. The number of hydrogen-bond donors (Lipinski definition) is 0. The minimum absolute atomic E-state index is 0.0540. The number of aryl methyl sites for hydroxylation is 1. The maximum absolute atomic E-state index is 12.4. The predicted molar refractivity (Wildman–Crippen MR) is 110 cm³/mol. The molecular formula is C23H27N3O2. The number of ether oxygens (including phenoxy) is 1. The van der Waals surface area contributed by atoms with E-state index in [9.17, 15) is 4.79 Å². The monoisotopic (exact) mass is 377 g/mol. The van der Waals surface area contributed by atoms with Gasteiger partial charge in [0.1, 0.15) is 18.2 Å². The number of rotatable bonds is 6. The fourth-order valence-electron chi connectivity index (χ4n) is 4.09. The van der Waals surface area contributed by atoms with Crippen LogP contribution >= 0.6 is 0 Å². The van der Waals surface area contributed by atoms with Gasteiger partial charge in [-0.1, -0.05) is 37.3 Å². The van der Waals surface area contributed by atoms with Crippen LogP contribution in [0.25, 0.3) is 11.0 Å². The van der Waals surface area contributed by atoms with Gasteiger partial charge in [-0.15, -0.1) is 0 Å². The van der Waals surface area contributed by atoms with Crippen molar-refractivity contribution in [2.24, 2.45) is 0 Å². The number of imidazole rings is 1. The molecule has 1 aliphatic rings. The smallest absolute Gasteiger partial charge is 0.222 e. The van der Waals surface area contributed by atoms with Gasteiger partial charge in [-0.05, 0) is 43.5 Å². The minimum atomic E-state index is 0.0540. The standard InChI is InChI=1S/C23H27N3O2/c1-3-22(27)25-14-8-12-20(25)23-24-18-10-5-6-11-19(18)26(23)15-16-28-21-13-7-4-9-17(21)2/h4-7,9-11,13,20H,3,8,12,14-16H2,1-2H3/t20-/m1/s1. The molecule has 1 aliphatic heterocycles. The van der Waals surface area contributed by atoms with Crippen LogP contribution in [-0.2, 0) is 11.3 Å². The fraction of sp³-hybridized carbons (Fsp3) is 0.391. The third-order valence-electron chi connectivity index (χ3n) is 5.52. The summed E-state index contributed by atoms with van der Waals surface area (Å²) in [6.45, 7) is 6.07. The third-order valence-corrected chi connectivity index (χ3v) is 5.52. The Morgan fingerprint density at radius 3 is 2.79 bits per heavy atom. The number of hydrogen-bond acceptors (Lipinski definition) is 3. The predicted octanol–water partition coefficient (Wildman–Crippen LogP) is 4.50. The van der Waals surface area contributed by atoms with Gasteiger partial charge in [-0.25, -0.2) is 4.98 Å². The van der Waals surface area contributed by atoms with Crippen LogP contribution in [0.5, 0.6) is 5.75 Å². The van der Waals surface area contributed by atoms with Crippen LogP contribution in [0.4, 0.5) is 0 Å². The summed E-state index contributed by atoms with van der Waals surface area (Å²) in [5.41, 5.74) is 3.21. The van der Waals surface area contributed by atoms with E-state index in [-0.39, 0.29) is 11.9 Å². The first-order valence-corrected chi connectivity index (χ1v) is 10.1. The normalized spacial score (nSPS) is 16.6. The molecule has 1 saturated heterocycles. The van der Waals surface area contributed by atoms with Crippen LogP contribution < -0.4 is 4.74 Å². The lowest BCUT2D eigenvalue weighted by atomic mass is 10.2. The second-order valence-electron chi connectivity index (χ2n) is 7.32. The van der Waals surface area contributed by atoms with Crippen molar-refractivity contribution in [2.45, 2.75) is 45.7 Å². The molecule has 1 fully saturated rings. The highest BCUT2D eigenvalue weighted by Crippen LogP contribution is 2.34. The van der Waals surface area contributed by atoms with Crippen LogP contribution in [0, 0.1) is 6.92 Å². The van der Waals surface area contributed by atoms with Crippen molar-refractivity contribution in [1.29, 1.82) is 0 Å². The molecule has 0 aliphatic carbocycles. The van der Waals surface area contributed by atoms with Gasteiger partial charge in [-0.2, -0.15) is 0 Å². The van der Waals surface area contributed by atoms with E-state index < -0.39 is 0 Å². The van der Waals surface area contributed by atoms with Crippen molar-refractivity contribution in [3.63, 3.8) is 0 Å². The van der Waals surface area contributed by atoms with E-state index in [1.807, 2.05) is 48.2 Å². The van der Waals surface area contributed by atoms with Crippen molar-refractivity contribution in [3.05, 3.63) is 59.9 Å². The fourth-order valence-corrected chi connectivity index (χ4v) is 4.09. The van der Waals surface area contributed by atoms with E-state index in [2.05, 4.69) is 23.6 Å². The van der Waals surface area contributed by atoms with Crippen LogP contribution in [0.2, 0.25) is 0 Å². The van der Waals surface area contributed by atoms with Gasteiger partial charge in [0.05, 0.1) is 23.6 Å². The van der Waals surface area contributed by atoms with Crippen LogP contribution in [0.3, 0.4) is 0 Å². The Balaban J connectivity index is 1.62. The summed E-state index contributed by atoms with van der Waals surface area (Å²) >= 11 is 0. The molecule has 0 unspecified atom stereocenters. The topological polar surface area (TPSA) is 47.4 Å². The molecule has 3 aromatic rings. The first-order chi connectivity index (χ1) is 13.7. The highest BCUT2D eigenvalue weighted by molar-refractivity contribution is 5.78. The zero-order valence-electron chi connectivity index (χ0n) is 16.6. The summed E-state index contributed by atoms with van der Waals surface area (Å²) in [6, 6.07) is 16.3. The van der Waals surface area contributed by atoms with Gasteiger partial charge >= 0.3 is 0 Å². The quantitative estimate of drug-likeness (QED) is 0.635. The van der Waals surface area contributed by atoms with Crippen LogP contribution in [-0.4, -0.2) is 33.5 Å². The highest BCUT2D eigenvalue weighted by atomic mass is 16.5. The third kappa shape index (κ3) is 3.49. The molecule has 4 rings (SSSR count). The van der Waals surface area contributed by atoms with E-state index in [1.54, 1.807) is 0 Å². The number of nitrogens with zero attached hydrogens (tertiary/aromatic N) is 3. The van der Waals surface area contributed by atoms with Crippen LogP contribution in [0.1, 0.15) is 43.6 Å². The van der Waals surface area contributed by atoms with E-state index in [4.69, 9.17) is 9.72 Å². The van der Waals surface area contributed by atoms with Gasteiger partial charge in [0.2, 0.25) is 5.91 Å². The molecule has 0 saturated carbocycles. The SMILES string of the molecule is CCC(=O)N1CCC[C@@H]1c1nc2ccccc2n1CCOc1ccccc1C. The maximum atomic E-state index is 12.4. The average Bonchev–Trinajstić information content (AvgIpc) is 3.33. The lowest BCUT2D eigenvalue weighted by Crippen LogP contribution is -2.31. The highest BCUT2D eigenvalue weighted by Gasteiger charge is 2.32. The number of carbonyl (C=O) groups excluding carboxylic acids is 1. The summed E-state index contributed by atoms with van der Waals surface area (Å²) in [4.78, 5) is 19.3. The number of para-hydroxylation sites is 3. The Labute approximate surface area is 165 Å². The Hall–Kier alpha value is -2.82. The molecule has 1 amide bonds. The zero-order valence-corrected chi connectivity index (χ0v) is 16.6. The second kappa shape index (κ2) is 8.05. The number of carbonyl (C=O) groups is 1. The lowest BCUT2D eigenvalue weighted by Gasteiger charge is -2.25. The number of amides is 1. The average molecular weight is 377 g/mol. The van der Waals surface area contributed by atoms with Gasteiger partial charge in [0.15, 0.2) is 0 Å². The summed E-state index contributed by atoms with van der Waals surface area (Å²) < 4.78 is 8.28. The van der Waals surface area contributed by atoms with Crippen molar-refractivity contribution in [3.8, 4) is 5.75 Å². The van der Waals surface area contributed by atoms with Gasteiger partial charge in [-0.3, -0.25) is 4.79 Å². The first kappa shape index (κ1) is 18.5. The summed E-state index contributed by atoms with van der Waals surface area (Å²) in [5.74, 6) is 2.10. The minimum Gasteiger partial charge on any atom is -0.491 e. The Morgan fingerprint density at radius 2 is 1.96 bits per heavy atom. The Bertz CT molecular complexity index is 979. The van der Waals surface area contributed by atoms with Crippen molar-refractivity contribution in [1.82, 2.24) is 14.5 Å². The molecule has 1 aromatic heterocycles. The molecule has 2 heterocycles. The molecule has 5 nitrogen and oxygen atoms in total. The number of aromatic nitrogens is 2. The van der Waals surface area contributed by atoms with E-state index >= 15 is 0 Å². The zero-order chi connectivity index (χ0) is 19.5. The molecule has 0 radical (unpaired) electrons. The molecule has 1 atom stereocenters. The Morgan fingerprint density at radius 1 is 1.18 bits per heavy atom. The molecule has 5 heteroatoms. The number of fused-ring (bicyclic) bond motifs is 1. The van der Waals surface area contributed by atoms with Gasteiger partial charge in [0.25, 0.3) is 0 Å². The molecule has 146 valence electrons. The molecule has 28 heavy (non-hydrogen) atoms. The molecule has 0 bridgehead atoms. The number of likely N-dealkylation sites (tertiary alicyclic amines) is 1. The largest absolute Gasteiger partial charge is 0.491 e. The van der Waals surface area contributed by atoms with Crippen LogP contribution in [0.15, 0.2) is 48.5 Å².